The molecule has 0 atom stereocenters. The molecule has 0 aromatic heterocycles. The molecule has 2 N–H and O–H groups in total. The number of sulfonamides is 1. The van der Waals surface area contributed by atoms with Crippen molar-refractivity contribution >= 4 is 15.7 Å². The van der Waals surface area contributed by atoms with Gasteiger partial charge in [-0.15, -0.1) is 0 Å². The fraction of sp³-hybridized carbons (Fsp3) is 0.600. The van der Waals surface area contributed by atoms with Crippen LogP contribution in [0.3, 0.4) is 0 Å². The Labute approximate surface area is 128 Å². The molecular weight excluding hydrogens is 286 g/mol. The molecule has 6 heteroatoms. The number of rotatable bonds is 10. The van der Waals surface area contributed by atoms with Crippen LogP contribution >= 0.6 is 0 Å². The van der Waals surface area contributed by atoms with E-state index in [1.165, 1.54) is 0 Å². The number of benzene rings is 1. The third-order valence-electron chi connectivity index (χ3n) is 3.37. The van der Waals surface area contributed by atoms with Crippen LogP contribution in [-0.2, 0) is 10.0 Å². The molecule has 0 aliphatic carbocycles. The van der Waals surface area contributed by atoms with Crippen molar-refractivity contribution in [2.24, 2.45) is 0 Å². The summed E-state index contributed by atoms with van der Waals surface area (Å²) in [4.78, 5) is 2.69. The fourth-order valence-electron chi connectivity index (χ4n) is 2.10. The molecule has 120 valence electrons. The minimum atomic E-state index is -3.35. The summed E-state index contributed by atoms with van der Waals surface area (Å²) in [5, 5.41) is 3.32. The van der Waals surface area contributed by atoms with Gasteiger partial charge in [0, 0.05) is 18.8 Å². The van der Waals surface area contributed by atoms with Crippen molar-refractivity contribution in [1.29, 1.82) is 0 Å². The topological polar surface area (TPSA) is 61.4 Å². The third kappa shape index (κ3) is 6.03. The van der Waals surface area contributed by atoms with E-state index in [0.717, 1.165) is 38.3 Å². The Hall–Kier alpha value is -1.11. The monoisotopic (exact) mass is 313 g/mol. The molecule has 0 amide bonds. The molecule has 0 spiro atoms. The summed E-state index contributed by atoms with van der Waals surface area (Å²) in [6.07, 6.45) is 1.07. The van der Waals surface area contributed by atoms with E-state index in [0.29, 0.717) is 11.4 Å². The van der Waals surface area contributed by atoms with Gasteiger partial charge in [0.15, 0.2) is 0 Å². The highest BCUT2D eigenvalue weighted by molar-refractivity contribution is 7.89. The summed E-state index contributed by atoms with van der Waals surface area (Å²) in [5.74, 6) is 0. The van der Waals surface area contributed by atoms with E-state index in [9.17, 15) is 8.42 Å². The summed E-state index contributed by atoms with van der Waals surface area (Å²) < 4.78 is 26.1. The highest BCUT2D eigenvalue weighted by atomic mass is 32.2. The first-order chi connectivity index (χ1) is 10.0. The van der Waals surface area contributed by atoms with Gasteiger partial charge in [-0.2, -0.15) is 0 Å². The largest absolute Gasteiger partial charge is 0.385 e. The molecular formula is C15H27N3O2S. The highest BCUT2D eigenvalue weighted by Crippen LogP contribution is 2.13. The molecule has 0 saturated carbocycles. The zero-order chi connectivity index (χ0) is 15.7. The lowest BCUT2D eigenvalue weighted by atomic mass is 10.3. The molecule has 0 fully saturated rings. The average molecular weight is 313 g/mol. The zero-order valence-electron chi connectivity index (χ0n) is 13.2. The molecule has 1 aromatic carbocycles. The maximum absolute atomic E-state index is 11.8. The first kappa shape index (κ1) is 17.9. The van der Waals surface area contributed by atoms with E-state index >= 15 is 0 Å². The standard InChI is InChI=1S/C15H27N3O2S/c1-4-17-21(19,20)15-10-8-14(9-11-15)16-12-7-13-18(5-2)6-3/h8-11,16-17H,4-7,12-13H2,1-3H3. The van der Waals surface area contributed by atoms with Crippen molar-refractivity contribution in [2.75, 3.05) is 38.0 Å². The van der Waals surface area contributed by atoms with Crippen LogP contribution in [0, 0.1) is 0 Å². The Bertz CT molecular complexity index is 496. The van der Waals surface area contributed by atoms with Gasteiger partial charge < -0.3 is 10.2 Å². The van der Waals surface area contributed by atoms with Crippen molar-refractivity contribution < 1.29 is 8.42 Å². The number of anilines is 1. The summed E-state index contributed by atoms with van der Waals surface area (Å²) in [7, 11) is -3.35. The van der Waals surface area contributed by atoms with Crippen LogP contribution in [0.4, 0.5) is 5.69 Å². The average Bonchev–Trinajstić information content (AvgIpc) is 2.48. The summed E-state index contributed by atoms with van der Waals surface area (Å²) >= 11 is 0. The Morgan fingerprint density at radius 2 is 1.67 bits per heavy atom. The normalized spacial score (nSPS) is 11.8. The number of nitrogens with one attached hydrogen (secondary N) is 2. The Kier molecular flexibility index (Phi) is 7.71. The maximum Gasteiger partial charge on any atom is 0.240 e. The summed E-state index contributed by atoms with van der Waals surface area (Å²) in [6, 6.07) is 6.87. The lowest BCUT2D eigenvalue weighted by molar-refractivity contribution is 0.303. The first-order valence-electron chi connectivity index (χ1n) is 7.59. The minimum absolute atomic E-state index is 0.304. The van der Waals surface area contributed by atoms with Crippen LogP contribution in [0.25, 0.3) is 0 Å². The van der Waals surface area contributed by atoms with Crippen LogP contribution < -0.4 is 10.0 Å². The summed E-state index contributed by atoms with van der Waals surface area (Å²) in [6.45, 7) is 10.6. The van der Waals surface area contributed by atoms with E-state index in [1.807, 2.05) is 12.1 Å². The number of hydrogen-bond donors (Lipinski definition) is 2. The highest BCUT2D eigenvalue weighted by Gasteiger charge is 2.11. The van der Waals surface area contributed by atoms with Crippen molar-refractivity contribution in [3.05, 3.63) is 24.3 Å². The maximum atomic E-state index is 11.8. The molecule has 0 unspecified atom stereocenters. The van der Waals surface area contributed by atoms with E-state index < -0.39 is 10.0 Å². The second-order valence-electron chi connectivity index (χ2n) is 4.83. The molecule has 0 heterocycles. The lowest BCUT2D eigenvalue weighted by Gasteiger charge is -2.18. The quantitative estimate of drug-likeness (QED) is 0.650. The van der Waals surface area contributed by atoms with Crippen LogP contribution in [-0.4, -0.2) is 46.0 Å². The van der Waals surface area contributed by atoms with Crippen LogP contribution in [0.5, 0.6) is 0 Å². The van der Waals surface area contributed by atoms with E-state index in [-0.39, 0.29) is 0 Å². The number of hydrogen-bond acceptors (Lipinski definition) is 4. The van der Waals surface area contributed by atoms with Gasteiger partial charge in [-0.3, -0.25) is 0 Å². The molecule has 0 aliphatic rings. The second-order valence-corrected chi connectivity index (χ2v) is 6.60. The van der Waals surface area contributed by atoms with Gasteiger partial charge in [-0.05, 0) is 50.3 Å². The van der Waals surface area contributed by atoms with Crippen LogP contribution in [0.15, 0.2) is 29.2 Å². The van der Waals surface area contributed by atoms with E-state index in [2.05, 4.69) is 28.8 Å². The smallest absolute Gasteiger partial charge is 0.240 e. The van der Waals surface area contributed by atoms with Gasteiger partial charge in [-0.25, -0.2) is 13.1 Å². The third-order valence-corrected chi connectivity index (χ3v) is 4.94. The molecule has 1 aromatic rings. The molecule has 0 aliphatic heterocycles. The van der Waals surface area contributed by atoms with Gasteiger partial charge in [0.2, 0.25) is 10.0 Å². The predicted octanol–water partition coefficient (Wildman–Crippen LogP) is 2.13. The molecule has 21 heavy (non-hydrogen) atoms. The van der Waals surface area contributed by atoms with E-state index in [4.69, 9.17) is 0 Å². The van der Waals surface area contributed by atoms with Gasteiger partial charge in [0.1, 0.15) is 0 Å². The van der Waals surface area contributed by atoms with Gasteiger partial charge in [-0.1, -0.05) is 20.8 Å². The van der Waals surface area contributed by atoms with Crippen molar-refractivity contribution in [3.8, 4) is 0 Å². The fourth-order valence-corrected chi connectivity index (χ4v) is 3.14. The van der Waals surface area contributed by atoms with Gasteiger partial charge >= 0.3 is 0 Å². The Morgan fingerprint density at radius 3 is 2.19 bits per heavy atom. The second kappa shape index (κ2) is 9.02. The molecule has 5 nitrogen and oxygen atoms in total. The zero-order valence-corrected chi connectivity index (χ0v) is 14.0. The molecule has 1 rings (SSSR count). The minimum Gasteiger partial charge on any atom is -0.385 e. The van der Waals surface area contributed by atoms with Crippen LogP contribution in [0.2, 0.25) is 0 Å². The SMILES string of the molecule is CCNS(=O)(=O)c1ccc(NCCCN(CC)CC)cc1. The van der Waals surface area contributed by atoms with Crippen molar-refractivity contribution in [3.63, 3.8) is 0 Å². The van der Waals surface area contributed by atoms with Crippen molar-refractivity contribution in [1.82, 2.24) is 9.62 Å². The lowest BCUT2D eigenvalue weighted by Crippen LogP contribution is -2.25. The van der Waals surface area contributed by atoms with Gasteiger partial charge in [0.25, 0.3) is 0 Å². The first-order valence-corrected chi connectivity index (χ1v) is 9.07. The molecule has 0 radical (unpaired) electrons. The Morgan fingerprint density at radius 1 is 1.05 bits per heavy atom. The Balaban J connectivity index is 2.45. The predicted molar refractivity (Wildman–Crippen MR) is 88.2 cm³/mol. The van der Waals surface area contributed by atoms with Crippen LogP contribution in [0.1, 0.15) is 27.2 Å². The van der Waals surface area contributed by atoms with E-state index in [1.54, 1.807) is 19.1 Å². The number of nitrogens with zero attached hydrogens (tertiary/aromatic N) is 1. The molecule has 0 saturated heterocycles. The van der Waals surface area contributed by atoms with Gasteiger partial charge in [0.05, 0.1) is 4.90 Å². The molecule has 0 bridgehead atoms. The van der Waals surface area contributed by atoms with Crippen molar-refractivity contribution in [2.45, 2.75) is 32.1 Å². The summed E-state index contributed by atoms with van der Waals surface area (Å²) in [5.41, 5.74) is 0.949.